The zero-order valence-electron chi connectivity index (χ0n) is 5.18. The molecule has 11 heavy (non-hydrogen) atoms. The van der Waals surface area contributed by atoms with Gasteiger partial charge in [-0.1, -0.05) is 0 Å². The van der Waals surface area contributed by atoms with Crippen molar-refractivity contribution in [3.05, 3.63) is 0 Å². The standard InChI is InChI=1S/CH2O3.H2O4S.Sr.Zn/c2-1(3)4;1-5(2,3)4;;/h(H2,2,3,4);(H2,1,2,3,4);;/q;;2*+2/p-4. The van der Waals surface area contributed by atoms with Crippen molar-refractivity contribution in [2.24, 2.45) is 0 Å². The molecular formula is CO7SSrZn. The summed E-state index contributed by atoms with van der Waals surface area (Å²) in [5.41, 5.74) is 0. The molecule has 0 N–H and O–H groups in total. The van der Waals surface area contributed by atoms with Gasteiger partial charge in [0.05, 0.1) is 0 Å². The Morgan fingerprint density at radius 2 is 1.09 bits per heavy atom. The van der Waals surface area contributed by atoms with E-state index in [2.05, 4.69) is 0 Å². The Morgan fingerprint density at radius 1 is 1.09 bits per heavy atom. The second kappa shape index (κ2) is 11.2. The van der Waals surface area contributed by atoms with Crippen LogP contribution in [0.3, 0.4) is 0 Å². The Kier molecular flexibility index (Phi) is 23.3. The zero-order chi connectivity index (χ0) is 8.08. The van der Waals surface area contributed by atoms with E-state index in [1.807, 2.05) is 0 Å². The Bertz CT molecular complexity index is 161. The first kappa shape index (κ1) is 22.8. The molecule has 0 aromatic rings. The molecule has 0 saturated carbocycles. The van der Waals surface area contributed by atoms with E-state index in [0.29, 0.717) is 0 Å². The van der Waals surface area contributed by atoms with Crippen molar-refractivity contribution in [3.63, 3.8) is 0 Å². The van der Waals surface area contributed by atoms with Gasteiger partial charge in [-0.15, -0.1) is 0 Å². The quantitative estimate of drug-likeness (QED) is 0.251. The summed E-state index contributed by atoms with van der Waals surface area (Å²) in [7, 11) is -5.17. The Balaban J connectivity index is -0.0000000383. The molecule has 0 spiro atoms. The maximum atomic E-state index is 8.52. The van der Waals surface area contributed by atoms with E-state index in [1.165, 1.54) is 0 Å². The van der Waals surface area contributed by atoms with Crippen molar-refractivity contribution >= 4 is 62.0 Å². The zero-order valence-corrected chi connectivity index (χ0v) is 12.4. The van der Waals surface area contributed by atoms with E-state index in [1.54, 1.807) is 0 Å². The van der Waals surface area contributed by atoms with Crippen LogP contribution in [0.15, 0.2) is 0 Å². The summed E-state index contributed by atoms with van der Waals surface area (Å²) in [5.74, 6) is 0. The van der Waals surface area contributed by atoms with Gasteiger partial charge >= 0.3 is 65.0 Å². The molecule has 0 bridgehead atoms. The molecule has 0 aromatic carbocycles. The second-order valence-electron chi connectivity index (χ2n) is 0.658. The third-order valence-electron chi connectivity index (χ3n) is 0. The van der Waals surface area contributed by atoms with Crippen LogP contribution in [0.1, 0.15) is 0 Å². The molecule has 7 nitrogen and oxygen atoms in total. The number of rotatable bonds is 0. The van der Waals surface area contributed by atoms with Crippen molar-refractivity contribution in [1.82, 2.24) is 0 Å². The molecule has 56 valence electrons. The minimum absolute atomic E-state index is 0. The summed E-state index contributed by atoms with van der Waals surface area (Å²) in [6, 6.07) is 0. The van der Waals surface area contributed by atoms with Gasteiger partial charge in [0, 0.05) is 10.4 Å². The summed E-state index contributed by atoms with van der Waals surface area (Å²) < 4.78 is 34.1. The second-order valence-corrected chi connectivity index (χ2v) is 1.47. The van der Waals surface area contributed by atoms with E-state index in [0.717, 1.165) is 0 Å². The summed E-state index contributed by atoms with van der Waals surface area (Å²) in [6.07, 6.45) is -2.33. The van der Waals surface area contributed by atoms with E-state index in [-0.39, 0.29) is 65.0 Å². The average molecular weight is 309 g/mol. The van der Waals surface area contributed by atoms with Crippen LogP contribution in [0.25, 0.3) is 0 Å². The van der Waals surface area contributed by atoms with Gasteiger partial charge in [0.15, 0.2) is 0 Å². The largest absolute Gasteiger partial charge is 2.00 e. The van der Waals surface area contributed by atoms with Crippen molar-refractivity contribution in [3.8, 4) is 0 Å². The van der Waals surface area contributed by atoms with E-state index < -0.39 is 16.6 Å². The first-order valence-electron chi connectivity index (χ1n) is 1.28. The number of hydrogen-bond donors (Lipinski definition) is 0. The van der Waals surface area contributed by atoms with Gasteiger partial charge in [0.2, 0.25) is 0 Å². The Hall–Kier alpha value is 1.24. The van der Waals surface area contributed by atoms with Crippen LogP contribution in [0, 0.1) is 0 Å². The molecule has 0 atom stereocenters. The van der Waals surface area contributed by atoms with E-state index in [9.17, 15) is 0 Å². The maximum Gasteiger partial charge on any atom is 2.00 e. The Morgan fingerprint density at radius 3 is 1.09 bits per heavy atom. The maximum absolute atomic E-state index is 8.52. The third-order valence-corrected chi connectivity index (χ3v) is 0. The van der Waals surface area contributed by atoms with Gasteiger partial charge in [-0.3, -0.25) is 8.42 Å². The van der Waals surface area contributed by atoms with Crippen LogP contribution in [0.2, 0.25) is 0 Å². The molecule has 0 fully saturated rings. The van der Waals surface area contributed by atoms with Crippen molar-refractivity contribution in [2.45, 2.75) is 0 Å². The van der Waals surface area contributed by atoms with Crippen LogP contribution >= 0.6 is 0 Å². The van der Waals surface area contributed by atoms with Crippen molar-refractivity contribution < 1.29 is 52.0 Å². The van der Waals surface area contributed by atoms with Gasteiger partial charge in [-0.2, -0.15) is 0 Å². The fourth-order valence-corrected chi connectivity index (χ4v) is 0. The number of carboxylic acid groups (broad SMARTS) is 2. The van der Waals surface area contributed by atoms with Gasteiger partial charge < -0.3 is 24.1 Å². The molecule has 0 aliphatic heterocycles. The first-order chi connectivity index (χ1) is 3.73. The SMILES string of the molecule is O=C([O-])[O-].O=S(=O)([O-])[O-].[Sr+2].[Zn+2]. The fraction of sp³-hybridized carbons (Fsp3) is 0. The van der Waals surface area contributed by atoms with Crippen LogP contribution in [-0.4, -0.2) is 69.2 Å². The van der Waals surface area contributed by atoms with Gasteiger partial charge in [0.1, 0.15) is 0 Å². The molecule has 10 heteroatoms. The number of hydrogen-bond acceptors (Lipinski definition) is 7. The molecule has 0 amide bonds. The van der Waals surface area contributed by atoms with Gasteiger partial charge in [-0.25, -0.2) is 0 Å². The molecule has 0 aromatic heterocycles. The smallest absolute Gasteiger partial charge is 0.759 e. The van der Waals surface area contributed by atoms with Crippen LogP contribution in [0.4, 0.5) is 4.79 Å². The summed E-state index contributed by atoms with van der Waals surface area (Å²) in [5, 5.41) is 16.7. The van der Waals surface area contributed by atoms with Crippen LogP contribution in [0.5, 0.6) is 0 Å². The summed E-state index contributed by atoms with van der Waals surface area (Å²) in [4.78, 5) is 8.33. The molecule has 0 radical (unpaired) electrons. The predicted molar refractivity (Wildman–Crippen MR) is 21.6 cm³/mol. The molecule has 0 saturated heterocycles. The molecule has 0 aliphatic carbocycles. The monoisotopic (exact) mass is 308 g/mol. The third kappa shape index (κ3) is 621. The first-order valence-corrected chi connectivity index (χ1v) is 2.61. The Labute approximate surface area is 112 Å². The van der Waals surface area contributed by atoms with Crippen LogP contribution < -0.4 is 10.2 Å². The minimum Gasteiger partial charge on any atom is -0.759 e. The van der Waals surface area contributed by atoms with E-state index >= 15 is 0 Å². The summed E-state index contributed by atoms with van der Waals surface area (Å²) >= 11 is 0. The fourth-order valence-electron chi connectivity index (χ4n) is 0. The minimum atomic E-state index is -5.17. The topological polar surface area (TPSA) is 143 Å². The number of carbonyl (C=O) groups is 1. The molecule has 0 heterocycles. The normalized spacial score (nSPS) is 7.45. The van der Waals surface area contributed by atoms with Crippen molar-refractivity contribution in [2.75, 3.05) is 0 Å². The van der Waals surface area contributed by atoms with Crippen molar-refractivity contribution in [1.29, 1.82) is 0 Å². The molecule has 0 rings (SSSR count). The average Bonchev–Trinajstić information content (AvgIpc) is 1.19. The van der Waals surface area contributed by atoms with Crippen LogP contribution in [-0.2, 0) is 29.9 Å². The number of carbonyl (C=O) groups excluding carboxylic acids is 1. The molecule has 0 unspecified atom stereocenters. The molecular weight excluding hydrogens is 309 g/mol. The molecule has 0 aliphatic rings. The predicted octanol–water partition coefficient (Wildman–Crippen LogP) is -4.17. The van der Waals surface area contributed by atoms with Gasteiger partial charge in [0.25, 0.3) is 0 Å². The van der Waals surface area contributed by atoms with E-state index in [4.69, 9.17) is 32.5 Å². The summed E-state index contributed by atoms with van der Waals surface area (Å²) in [6.45, 7) is 0. The van der Waals surface area contributed by atoms with Gasteiger partial charge in [-0.05, 0) is 6.16 Å².